The quantitative estimate of drug-likeness (QED) is 0.901. The van der Waals surface area contributed by atoms with Crippen molar-refractivity contribution in [3.63, 3.8) is 0 Å². The number of rotatable bonds is 3. The van der Waals surface area contributed by atoms with Gasteiger partial charge in [0.1, 0.15) is 5.75 Å². The largest absolute Gasteiger partial charge is 0.573 e. The van der Waals surface area contributed by atoms with Crippen molar-refractivity contribution in [2.24, 2.45) is 7.05 Å². The molecule has 0 aliphatic heterocycles. The summed E-state index contributed by atoms with van der Waals surface area (Å²) in [5.41, 5.74) is 6.68. The summed E-state index contributed by atoms with van der Waals surface area (Å²) in [5, 5.41) is 6.95. The van der Waals surface area contributed by atoms with Crippen LogP contribution in [0.4, 0.5) is 30.4 Å². The number of benzene rings is 1. The molecule has 5 nitrogen and oxygen atoms in total. The number of alkyl halides is 3. The van der Waals surface area contributed by atoms with Gasteiger partial charge in [-0.3, -0.25) is 4.68 Å². The van der Waals surface area contributed by atoms with Crippen LogP contribution in [-0.4, -0.2) is 16.1 Å². The summed E-state index contributed by atoms with van der Waals surface area (Å²) in [6, 6.07) is 5.29. The standard InChI is InChI=1S/C11H11F3N4O/c1-18-6-9(15)10(17-18)16-7-2-4-8(5-3-7)19-11(12,13)14/h2-6H,15H2,1H3,(H,16,17). The Hall–Kier alpha value is -2.38. The molecular formula is C11H11F3N4O. The third-order valence-electron chi connectivity index (χ3n) is 2.21. The van der Waals surface area contributed by atoms with E-state index < -0.39 is 6.36 Å². The maximum absolute atomic E-state index is 12.0. The molecule has 2 rings (SSSR count). The average molecular weight is 272 g/mol. The van der Waals surface area contributed by atoms with Crippen LogP contribution in [-0.2, 0) is 7.05 Å². The van der Waals surface area contributed by atoms with Crippen molar-refractivity contribution in [3.8, 4) is 5.75 Å². The van der Waals surface area contributed by atoms with Crippen molar-refractivity contribution in [1.82, 2.24) is 9.78 Å². The van der Waals surface area contributed by atoms with Crippen molar-refractivity contribution in [1.29, 1.82) is 0 Å². The highest BCUT2D eigenvalue weighted by atomic mass is 19.4. The van der Waals surface area contributed by atoms with Gasteiger partial charge in [0.05, 0.1) is 5.69 Å². The molecule has 0 fully saturated rings. The van der Waals surface area contributed by atoms with E-state index in [4.69, 9.17) is 5.73 Å². The van der Waals surface area contributed by atoms with Crippen LogP contribution in [0.2, 0.25) is 0 Å². The third-order valence-corrected chi connectivity index (χ3v) is 2.21. The Morgan fingerprint density at radius 2 is 1.89 bits per heavy atom. The fourth-order valence-electron chi connectivity index (χ4n) is 1.48. The first kappa shape index (κ1) is 13.1. The van der Waals surface area contributed by atoms with Crippen LogP contribution in [0.25, 0.3) is 0 Å². The monoisotopic (exact) mass is 272 g/mol. The topological polar surface area (TPSA) is 65.1 Å². The molecule has 0 amide bonds. The van der Waals surface area contributed by atoms with E-state index in [1.54, 1.807) is 13.2 Å². The summed E-state index contributed by atoms with van der Waals surface area (Å²) in [4.78, 5) is 0. The van der Waals surface area contributed by atoms with Crippen molar-refractivity contribution in [3.05, 3.63) is 30.5 Å². The summed E-state index contributed by atoms with van der Waals surface area (Å²) in [6.07, 6.45) is -3.08. The number of nitrogens with two attached hydrogens (primary N) is 1. The first-order valence-electron chi connectivity index (χ1n) is 5.25. The molecule has 0 aliphatic carbocycles. The Morgan fingerprint density at radius 3 is 2.37 bits per heavy atom. The Labute approximate surface area is 106 Å². The number of hydrogen-bond donors (Lipinski definition) is 2. The van der Waals surface area contributed by atoms with Gasteiger partial charge in [0.15, 0.2) is 5.82 Å². The van der Waals surface area contributed by atoms with E-state index in [9.17, 15) is 13.2 Å². The smallest absolute Gasteiger partial charge is 0.406 e. The highest BCUT2D eigenvalue weighted by Gasteiger charge is 2.30. The molecular weight excluding hydrogens is 261 g/mol. The molecule has 0 saturated heterocycles. The lowest BCUT2D eigenvalue weighted by molar-refractivity contribution is -0.274. The van der Waals surface area contributed by atoms with Gasteiger partial charge in [0.2, 0.25) is 0 Å². The summed E-state index contributed by atoms with van der Waals surface area (Å²) < 4.78 is 41.2. The van der Waals surface area contributed by atoms with Crippen LogP contribution in [0.3, 0.4) is 0 Å². The zero-order valence-corrected chi connectivity index (χ0v) is 9.90. The molecule has 3 N–H and O–H groups in total. The first-order chi connectivity index (χ1) is 8.83. The number of aryl methyl sites for hydroxylation is 1. The van der Waals surface area contributed by atoms with Gasteiger partial charge in [0, 0.05) is 18.9 Å². The number of nitrogens with one attached hydrogen (secondary N) is 1. The normalized spacial score (nSPS) is 11.4. The molecule has 0 bridgehead atoms. The number of anilines is 3. The fraction of sp³-hybridized carbons (Fsp3) is 0.182. The van der Waals surface area contributed by atoms with Gasteiger partial charge < -0.3 is 15.8 Å². The van der Waals surface area contributed by atoms with E-state index in [0.29, 0.717) is 17.2 Å². The number of nitrogens with zero attached hydrogens (tertiary/aromatic N) is 2. The molecule has 0 aliphatic rings. The van der Waals surface area contributed by atoms with Crippen molar-refractivity contribution >= 4 is 17.2 Å². The molecule has 8 heteroatoms. The minimum Gasteiger partial charge on any atom is -0.406 e. The van der Waals surface area contributed by atoms with Crippen LogP contribution in [0.1, 0.15) is 0 Å². The Kier molecular flexibility index (Phi) is 3.24. The van der Waals surface area contributed by atoms with Gasteiger partial charge in [-0.05, 0) is 24.3 Å². The molecule has 1 aromatic heterocycles. The molecule has 0 spiro atoms. The maximum Gasteiger partial charge on any atom is 0.573 e. The number of aromatic nitrogens is 2. The van der Waals surface area contributed by atoms with Crippen molar-refractivity contribution < 1.29 is 17.9 Å². The molecule has 0 atom stereocenters. The van der Waals surface area contributed by atoms with E-state index >= 15 is 0 Å². The van der Waals surface area contributed by atoms with Crippen LogP contribution in [0, 0.1) is 0 Å². The predicted octanol–water partition coefficient (Wildman–Crippen LogP) is 2.64. The summed E-state index contributed by atoms with van der Waals surface area (Å²) in [7, 11) is 1.71. The molecule has 0 unspecified atom stereocenters. The second kappa shape index (κ2) is 4.71. The van der Waals surface area contributed by atoms with E-state index in [0.717, 1.165) is 0 Å². The second-order valence-electron chi connectivity index (χ2n) is 3.80. The Balaban J connectivity index is 2.09. The van der Waals surface area contributed by atoms with Crippen molar-refractivity contribution in [2.75, 3.05) is 11.1 Å². The number of nitrogen functional groups attached to an aromatic ring is 1. The highest BCUT2D eigenvalue weighted by Crippen LogP contribution is 2.26. The maximum atomic E-state index is 12.0. The average Bonchev–Trinajstić information content (AvgIpc) is 2.58. The lowest BCUT2D eigenvalue weighted by atomic mass is 10.3. The zero-order chi connectivity index (χ0) is 14.0. The molecule has 102 valence electrons. The van der Waals surface area contributed by atoms with Gasteiger partial charge >= 0.3 is 6.36 Å². The Bertz CT molecular complexity index is 562. The predicted molar refractivity (Wildman–Crippen MR) is 64.0 cm³/mol. The third kappa shape index (κ3) is 3.54. The first-order valence-corrected chi connectivity index (χ1v) is 5.25. The molecule has 0 radical (unpaired) electrons. The summed E-state index contributed by atoms with van der Waals surface area (Å²) in [6.45, 7) is 0. The van der Waals surface area contributed by atoms with Crippen molar-refractivity contribution in [2.45, 2.75) is 6.36 Å². The molecule has 1 aromatic carbocycles. The molecule has 19 heavy (non-hydrogen) atoms. The zero-order valence-electron chi connectivity index (χ0n) is 9.90. The SMILES string of the molecule is Cn1cc(N)c(Nc2ccc(OC(F)(F)F)cc2)n1. The van der Waals surface area contributed by atoms with Gasteiger partial charge in [-0.25, -0.2) is 0 Å². The van der Waals surface area contributed by atoms with Crippen LogP contribution < -0.4 is 15.8 Å². The summed E-state index contributed by atoms with van der Waals surface area (Å²) in [5.74, 6) is 0.152. The van der Waals surface area contributed by atoms with E-state index in [1.807, 2.05) is 0 Å². The fourth-order valence-corrected chi connectivity index (χ4v) is 1.48. The minimum atomic E-state index is -4.69. The number of halogens is 3. The minimum absolute atomic E-state index is 0.285. The van der Waals surface area contributed by atoms with Crippen LogP contribution in [0.15, 0.2) is 30.5 Å². The Morgan fingerprint density at radius 1 is 1.26 bits per heavy atom. The van der Waals surface area contributed by atoms with Crippen LogP contribution in [0.5, 0.6) is 5.75 Å². The number of ether oxygens (including phenoxy) is 1. The summed E-state index contributed by atoms with van der Waals surface area (Å²) >= 11 is 0. The lowest BCUT2D eigenvalue weighted by Gasteiger charge is -2.09. The van der Waals surface area contributed by atoms with Gasteiger partial charge in [0.25, 0.3) is 0 Å². The lowest BCUT2D eigenvalue weighted by Crippen LogP contribution is -2.16. The van der Waals surface area contributed by atoms with Crippen LogP contribution >= 0.6 is 0 Å². The molecule has 1 heterocycles. The van der Waals surface area contributed by atoms with E-state index in [2.05, 4.69) is 15.2 Å². The van der Waals surface area contributed by atoms with Gasteiger partial charge in [-0.15, -0.1) is 13.2 Å². The van der Waals surface area contributed by atoms with E-state index in [1.165, 1.54) is 28.9 Å². The highest BCUT2D eigenvalue weighted by molar-refractivity contribution is 5.68. The second-order valence-corrected chi connectivity index (χ2v) is 3.80. The van der Waals surface area contributed by atoms with Gasteiger partial charge in [-0.1, -0.05) is 0 Å². The molecule has 0 saturated carbocycles. The number of hydrogen-bond acceptors (Lipinski definition) is 4. The van der Waals surface area contributed by atoms with E-state index in [-0.39, 0.29) is 5.75 Å². The van der Waals surface area contributed by atoms with Gasteiger partial charge in [-0.2, -0.15) is 5.10 Å². The molecule has 2 aromatic rings.